The quantitative estimate of drug-likeness (QED) is 0.371. The van der Waals surface area contributed by atoms with Gasteiger partial charge in [0.2, 0.25) is 0 Å². The number of aryl methyl sites for hydroxylation is 2. The summed E-state index contributed by atoms with van der Waals surface area (Å²) in [4.78, 5) is 4.35. The Hall–Kier alpha value is -0.850. The third kappa shape index (κ3) is 9.66. The summed E-state index contributed by atoms with van der Waals surface area (Å²) >= 11 is 0. The highest BCUT2D eigenvalue weighted by Crippen LogP contribution is 2.14. The lowest BCUT2D eigenvalue weighted by atomic mass is 10.0. The van der Waals surface area contributed by atoms with Crippen LogP contribution in [0.5, 0.6) is 0 Å². The molecule has 1 aromatic heterocycles. The number of unbranched alkanes of at least 4 members (excludes halogenated alkanes) is 11. The standard InChI is InChI=1S/C20H35N/c1-3-4-5-6-7-8-9-10-11-12-13-14-16-20-17-15-18-21-19(20)2/h15,17-18H,3-14,16H2,1-2H3. The molecule has 0 amide bonds. The van der Waals surface area contributed by atoms with Gasteiger partial charge in [0.05, 0.1) is 0 Å². The van der Waals surface area contributed by atoms with Crippen molar-refractivity contribution in [3.63, 3.8) is 0 Å². The van der Waals surface area contributed by atoms with Crippen molar-refractivity contribution >= 4 is 0 Å². The van der Waals surface area contributed by atoms with Crippen molar-refractivity contribution in [2.24, 2.45) is 0 Å². The van der Waals surface area contributed by atoms with Gasteiger partial charge in [-0.1, -0.05) is 83.6 Å². The Morgan fingerprint density at radius 1 is 0.762 bits per heavy atom. The van der Waals surface area contributed by atoms with Gasteiger partial charge in [-0.15, -0.1) is 0 Å². The second kappa shape index (κ2) is 12.9. The van der Waals surface area contributed by atoms with Crippen LogP contribution in [0.1, 0.15) is 95.2 Å². The van der Waals surface area contributed by atoms with E-state index in [9.17, 15) is 0 Å². The van der Waals surface area contributed by atoms with Crippen LogP contribution in [0.25, 0.3) is 0 Å². The van der Waals surface area contributed by atoms with Gasteiger partial charge < -0.3 is 0 Å². The van der Waals surface area contributed by atoms with Gasteiger partial charge in [-0.2, -0.15) is 0 Å². The van der Waals surface area contributed by atoms with E-state index in [1.807, 2.05) is 6.20 Å². The predicted octanol–water partition coefficient (Wildman–Crippen LogP) is 6.63. The first-order valence-corrected chi connectivity index (χ1v) is 9.25. The van der Waals surface area contributed by atoms with Gasteiger partial charge in [0.1, 0.15) is 0 Å². The van der Waals surface area contributed by atoms with Crippen molar-refractivity contribution in [3.05, 3.63) is 29.6 Å². The Morgan fingerprint density at radius 3 is 1.81 bits per heavy atom. The summed E-state index contributed by atoms with van der Waals surface area (Å²) in [5.74, 6) is 0. The molecule has 0 bridgehead atoms. The molecule has 0 fully saturated rings. The zero-order chi connectivity index (χ0) is 15.2. The van der Waals surface area contributed by atoms with Gasteiger partial charge in [-0.25, -0.2) is 0 Å². The summed E-state index contributed by atoms with van der Waals surface area (Å²) in [5.41, 5.74) is 2.64. The molecule has 0 aromatic carbocycles. The molecule has 0 aliphatic rings. The summed E-state index contributed by atoms with van der Waals surface area (Å²) in [6, 6.07) is 4.28. The second-order valence-corrected chi connectivity index (χ2v) is 6.39. The summed E-state index contributed by atoms with van der Waals surface area (Å²) in [7, 11) is 0. The first-order valence-electron chi connectivity index (χ1n) is 9.25. The minimum absolute atomic E-state index is 1.21. The number of nitrogens with zero attached hydrogens (tertiary/aromatic N) is 1. The number of aromatic nitrogens is 1. The van der Waals surface area contributed by atoms with E-state index in [1.165, 1.54) is 94.7 Å². The van der Waals surface area contributed by atoms with Crippen LogP contribution >= 0.6 is 0 Å². The maximum Gasteiger partial charge on any atom is 0.0404 e. The molecule has 0 saturated heterocycles. The molecule has 0 radical (unpaired) electrons. The van der Waals surface area contributed by atoms with Crippen LogP contribution in [0.2, 0.25) is 0 Å². The molecule has 0 spiro atoms. The Morgan fingerprint density at radius 2 is 1.29 bits per heavy atom. The first-order chi connectivity index (χ1) is 10.3. The van der Waals surface area contributed by atoms with E-state index in [2.05, 4.69) is 31.0 Å². The van der Waals surface area contributed by atoms with Crippen molar-refractivity contribution in [1.82, 2.24) is 4.98 Å². The summed E-state index contributed by atoms with van der Waals surface area (Å²) in [6.07, 6.45) is 20.1. The summed E-state index contributed by atoms with van der Waals surface area (Å²) in [5, 5.41) is 0. The summed E-state index contributed by atoms with van der Waals surface area (Å²) in [6.45, 7) is 4.41. The first kappa shape index (κ1) is 18.2. The van der Waals surface area contributed by atoms with Gasteiger partial charge in [0.15, 0.2) is 0 Å². The van der Waals surface area contributed by atoms with Crippen molar-refractivity contribution in [2.75, 3.05) is 0 Å². The molecule has 1 aromatic rings. The maximum absolute atomic E-state index is 4.35. The highest BCUT2D eigenvalue weighted by Gasteiger charge is 1.98. The lowest BCUT2D eigenvalue weighted by molar-refractivity contribution is 0.544. The van der Waals surface area contributed by atoms with Crippen LogP contribution in [0.4, 0.5) is 0 Å². The van der Waals surface area contributed by atoms with E-state index in [0.717, 1.165) is 0 Å². The van der Waals surface area contributed by atoms with Crippen LogP contribution in [0.3, 0.4) is 0 Å². The Bertz CT molecular complexity index is 345. The normalized spacial score (nSPS) is 11.0. The molecule has 1 heteroatoms. The molecule has 1 rings (SSSR count). The molecule has 0 aliphatic heterocycles. The maximum atomic E-state index is 4.35. The largest absolute Gasteiger partial charge is 0.261 e. The topological polar surface area (TPSA) is 12.9 Å². The average molecular weight is 290 g/mol. The zero-order valence-corrected chi connectivity index (χ0v) is 14.4. The van der Waals surface area contributed by atoms with Gasteiger partial charge in [-0.3, -0.25) is 4.98 Å². The minimum atomic E-state index is 1.21. The van der Waals surface area contributed by atoms with E-state index in [-0.39, 0.29) is 0 Å². The molecular weight excluding hydrogens is 254 g/mol. The van der Waals surface area contributed by atoms with Crippen LogP contribution in [0.15, 0.2) is 18.3 Å². The fourth-order valence-electron chi connectivity index (χ4n) is 2.94. The van der Waals surface area contributed by atoms with Crippen molar-refractivity contribution in [2.45, 2.75) is 97.3 Å². The van der Waals surface area contributed by atoms with Gasteiger partial charge in [0, 0.05) is 11.9 Å². The number of rotatable bonds is 13. The van der Waals surface area contributed by atoms with Crippen molar-refractivity contribution < 1.29 is 0 Å². The molecule has 0 unspecified atom stereocenters. The van der Waals surface area contributed by atoms with Crippen LogP contribution in [-0.2, 0) is 6.42 Å². The fraction of sp³-hybridized carbons (Fsp3) is 0.750. The lowest BCUT2D eigenvalue weighted by Gasteiger charge is -2.05. The molecular formula is C20H35N. The highest BCUT2D eigenvalue weighted by atomic mass is 14.7. The number of hydrogen-bond donors (Lipinski definition) is 0. The van der Waals surface area contributed by atoms with E-state index in [1.54, 1.807) is 0 Å². The summed E-state index contributed by atoms with van der Waals surface area (Å²) < 4.78 is 0. The predicted molar refractivity (Wildman–Crippen MR) is 93.8 cm³/mol. The zero-order valence-electron chi connectivity index (χ0n) is 14.4. The lowest BCUT2D eigenvalue weighted by Crippen LogP contribution is -1.92. The van der Waals surface area contributed by atoms with Crippen LogP contribution in [0, 0.1) is 6.92 Å². The highest BCUT2D eigenvalue weighted by molar-refractivity contribution is 5.18. The molecule has 1 nitrogen and oxygen atoms in total. The molecule has 0 atom stereocenters. The molecule has 1 heterocycles. The van der Waals surface area contributed by atoms with Crippen molar-refractivity contribution in [1.29, 1.82) is 0 Å². The second-order valence-electron chi connectivity index (χ2n) is 6.39. The number of hydrogen-bond acceptors (Lipinski definition) is 1. The van der Waals surface area contributed by atoms with E-state index >= 15 is 0 Å². The van der Waals surface area contributed by atoms with Gasteiger partial charge >= 0.3 is 0 Å². The molecule has 0 N–H and O–H groups in total. The Kier molecular flexibility index (Phi) is 11.1. The molecule has 0 aliphatic carbocycles. The molecule has 21 heavy (non-hydrogen) atoms. The fourth-order valence-corrected chi connectivity index (χ4v) is 2.94. The van der Waals surface area contributed by atoms with Crippen molar-refractivity contribution in [3.8, 4) is 0 Å². The molecule has 0 saturated carbocycles. The number of pyridine rings is 1. The van der Waals surface area contributed by atoms with E-state index in [4.69, 9.17) is 0 Å². The average Bonchev–Trinajstić information content (AvgIpc) is 2.50. The van der Waals surface area contributed by atoms with Crippen LogP contribution in [-0.4, -0.2) is 4.98 Å². The molecule has 120 valence electrons. The van der Waals surface area contributed by atoms with E-state index in [0.29, 0.717) is 0 Å². The smallest absolute Gasteiger partial charge is 0.0404 e. The Labute approximate surface area is 132 Å². The van der Waals surface area contributed by atoms with Gasteiger partial charge in [0.25, 0.3) is 0 Å². The third-order valence-corrected chi connectivity index (χ3v) is 4.42. The SMILES string of the molecule is CCCCCCCCCCCCCCc1cccnc1C. The van der Waals surface area contributed by atoms with E-state index < -0.39 is 0 Å². The van der Waals surface area contributed by atoms with Crippen LogP contribution < -0.4 is 0 Å². The minimum Gasteiger partial charge on any atom is -0.261 e. The third-order valence-electron chi connectivity index (χ3n) is 4.42. The van der Waals surface area contributed by atoms with Gasteiger partial charge in [-0.05, 0) is 31.4 Å². The monoisotopic (exact) mass is 289 g/mol. The Balaban J connectivity index is 1.84.